The standard InChI is InChI=1S/C21H25BrN6/c1-15-4-3-5-20-25-18(14-28(15)20)12-24-21(23-2)26-17-10-11-27(13-17)19-8-6-16(22)7-9-19/h3-9,14,17H,10-13H2,1-2H3,(H2,23,24,26). The normalized spacial score (nSPS) is 17.3. The molecule has 1 aliphatic rings. The molecule has 1 unspecified atom stereocenters. The minimum Gasteiger partial charge on any atom is -0.369 e. The number of guanidine groups is 1. The predicted molar refractivity (Wildman–Crippen MR) is 118 cm³/mol. The summed E-state index contributed by atoms with van der Waals surface area (Å²) in [5.41, 5.74) is 4.41. The summed E-state index contributed by atoms with van der Waals surface area (Å²) in [6.07, 6.45) is 3.17. The van der Waals surface area contributed by atoms with Crippen LogP contribution in [0.2, 0.25) is 0 Å². The van der Waals surface area contributed by atoms with Crippen LogP contribution in [-0.4, -0.2) is 41.5 Å². The SMILES string of the molecule is CN=C(NCc1cn2c(C)cccc2n1)NC1CCN(c2ccc(Br)cc2)C1. The van der Waals surface area contributed by atoms with E-state index in [1.807, 2.05) is 19.2 Å². The number of fused-ring (bicyclic) bond motifs is 1. The van der Waals surface area contributed by atoms with Gasteiger partial charge in [0.15, 0.2) is 5.96 Å². The number of benzene rings is 1. The molecule has 146 valence electrons. The number of pyridine rings is 1. The molecule has 1 fully saturated rings. The van der Waals surface area contributed by atoms with Crippen molar-refractivity contribution in [1.29, 1.82) is 0 Å². The number of nitrogens with one attached hydrogen (secondary N) is 2. The second kappa shape index (κ2) is 8.22. The van der Waals surface area contributed by atoms with Gasteiger partial charge in [-0.25, -0.2) is 4.98 Å². The molecule has 0 radical (unpaired) electrons. The first-order valence-corrected chi connectivity index (χ1v) is 10.3. The average molecular weight is 441 g/mol. The molecule has 0 bridgehead atoms. The molecule has 0 saturated carbocycles. The van der Waals surface area contributed by atoms with E-state index in [1.54, 1.807) is 0 Å². The molecule has 6 nitrogen and oxygen atoms in total. The molecule has 7 heteroatoms. The van der Waals surface area contributed by atoms with Gasteiger partial charge in [0.2, 0.25) is 0 Å². The van der Waals surface area contributed by atoms with Crippen LogP contribution in [0.5, 0.6) is 0 Å². The first-order valence-electron chi connectivity index (χ1n) is 9.53. The fraction of sp³-hybridized carbons (Fsp3) is 0.333. The molecule has 3 heterocycles. The smallest absolute Gasteiger partial charge is 0.191 e. The van der Waals surface area contributed by atoms with E-state index in [2.05, 4.69) is 89.3 Å². The summed E-state index contributed by atoms with van der Waals surface area (Å²) < 4.78 is 3.22. The Morgan fingerprint density at radius 3 is 2.82 bits per heavy atom. The molecule has 3 aromatic rings. The topological polar surface area (TPSA) is 57.0 Å². The van der Waals surface area contributed by atoms with Crippen LogP contribution >= 0.6 is 15.9 Å². The molecule has 1 aromatic carbocycles. The van der Waals surface area contributed by atoms with Crippen LogP contribution in [0.3, 0.4) is 0 Å². The molecule has 1 aliphatic heterocycles. The summed E-state index contributed by atoms with van der Waals surface area (Å²) in [5.74, 6) is 0.816. The van der Waals surface area contributed by atoms with Crippen molar-refractivity contribution in [1.82, 2.24) is 20.0 Å². The molecular weight excluding hydrogens is 416 g/mol. The molecule has 0 amide bonds. The quantitative estimate of drug-likeness (QED) is 0.482. The zero-order chi connectivity index (χ0) is 19.5. The third-order valence-corrected chi connectivity index (χ3v) is 5.66. The third-order valence-electron chi connectivity index (χ3n) is 5.13. The first-order chi connectivity index (χ1) is 13.6. The molecule has 28 heavy (non-hydrogen) atoms. The lowest BCUT2D eigenvalue weighted by molar-refractivity contribution is 0.647. The van der Waals surface area contributed by atoms with Crippen LogP contribution in [0.4, 0.5) is 5.69 Å². The van der Waals surface area contributed by atoms with Gasteiger partial charge in [0.25, 0.3) is 0 Å². The maximum atomic E-state index is 4.68. The maximum Gasteiger partial charge on any atom is 0.191 e. The molecule has 2 N–H and O–H groups in total. The number of aromatic nitrogens is 2. The Kier molecular flexibility index (Phi) is 5.52. The lowest BCUT2D eigenvalue weighted by Gasteiger charge is -2.20. The highest BCUT2D eigenvalue weighted by molar-refractivity contribution is 9.10. The number of aryl methyl sites for hydroxylation is 1. The number of halogens is 1. The van der Waals surface area contributed by atoms with E-state index in [0.29, 0.717) is 12.6 Å². The van der Waals surface area contributed by atoms with Crippen LogP contribution in [-0.2, 0) is 6.54 Å². The van der Waals surface area contributed by atoms with Gasteiger partial charge in [-0.2, -0.15) is 0 Å². The number of hydrogen-bond acceptors (Lipinski definition) is 3. The summed E-state index contributed by atoms with van der Waals surface area (Å²) in [4.78, 5) is 11.5. The number of aliphatic imine (C=N–C) groups is 1. The van der Waals surface area contributed by atoms with Gasteiger partial charge >= 0.3 is 0 Å². The molecule has 0 aliphatic carbocycles. The van der Waals surface area contributed by atoms with Crippen molar-refractivity contribution < 1.29 is 0 Å². The van der Waals surface area contributed by atoms with Crippen molar-refractivity contribution in [2.75, 3.05) is 25.0 Å². The number of rotatable bonds is 4. The van der Waals surface area contributed by atoms with Crippen molar-refractivity contribution in [2.45, 2.75) is 25.9 Å². The van der Waals surface area contributed by atoms with E-state index in [0.717, 1.165) is 41.3 Å². The molecule has 1 saturated heterocycles. The summed E-state index contributed by atoms with van der Waals surface area (Å²) in [5, 5.41) is 6.94. The van der Waals surface area contributed by atoms with Gasteiger partial charge in [0, 0.05) is 48.2 Å². The monoisotopic (exact) mass is 440 g/mol. The van der Waals surface area contributed by atoms with Crippen molar-refractivity contribution in [3.8, 4) is 0 Å². The Hall–Kier alpha value is -2.54. The Bertz CT molecular complexity index is 978. The van der Waals surface area contributed by atoms with E-state index < -0.39 is 0 Å². The lowest BCUT2D eigenvalue weighted by atomic mass is 10.3. The van der Waals surface area contributed by atoms with Gasteiger partial charge < -0.3 is 19.9 Å². The zero-order valence-electron chi connectivity index (χ0n) is 16.2. The van der Waals surface area contributed by atoms with Gasteiger partial charge in [-0.05, 0) is 49.7 Å². The number of nitrogens with zero attached hydrogens (tertiary/aromatic N) is 4. The van der Waals surface area contributed by atoms with E-state index in [4.69, 9.17) is 0 Å². The van der Waals surface area contributed by atoms with Gasteiger partial charge in [-0.3, -0.25) is 4.99 Å². The summed E-state index contributed by atoms with van der Waals surface area (Å²) >= 11 is 3.50. The van der Waals surface area contributed by atoms with E-state index in [1.165, 1.54) is 11.4 Å². The Morgan fingerprint density at radius 1 is 1.25 bits per heavy atom. The van der Waals surface area contributed by atoms with Gasteiger partial charge in [0.1, 0.15) is 5.65 Å². The molecule has 0 spiro atoms. The fourth-order valence-electron chi connectivity index (χ4n) is 3.61. The summed E-state index contributed by atoms with van der Waals surface area (Å²) in [6.45, 7) is 4.74. The van der Waals surface area contributed by atoms with Crippen LogP contribution < -0.4 is 15.5 Å². The average Bonchev–Trinajstić information content (AvgIpc) is 3.33. The lowest BCUT2D eigenvalue weighted by Crippen LogP contribution is -2.44. The van der Waals surface area contributed by atoms with Crippen molar-refractivity contribution in [3.05, 3.63) is 64.5 Å². The van der Waals surface area contributed by atoms with Crippen LogP contribution in [0.25, 0.3) is 5.65 Å². The van der Waals surface area contributed by atoms with Gasteiger partial charge in [-0.15, -0.1) is 0 Å². The molecule has 2 aromatic heterocycles. The van der Waals surface area contributed by atoms with E-state index in [-0.39, 0.29) is 0 Å². The van der Waals surface area contributed by atoms with Gasteiger partial charge in [0.05, 0.1) is 12.2 Å². The van der Waals surface area contributed by atoms with Crippen LogP contribution in [0.15, 0.2) is 58.1 Å². The Balaban J connectivity index is 1.33. The number of imidazole rings is 1. The van der Waals surface area contributed by atoms with Crippen molar-refractivity contribution >= 4 is 33.2 Å². The third kappa shape index (κ3) is 4.14. The van der Waals surface area contributed by atoms with Crippen molar-refractivity contribution in [3.63, 3.8) is 0 Å². The second-order valence-electron chi connectivity index (χ2n) is 7.11. The van der Waals surface area contributed by atoms with Crippen LogP contribution in [0, 0.1) is 6.92 Å². The largest absolute Gasteiger partial charge is 0.369 e. The van der Waals surface area contributed by atoms with Crippen LogP contribution in [0.1, 0.15) is 17.8 Å². The molecule has 1 atom stereocenters. The minimum atomic E-state index is 0.373. The molecule has 4 rings (SSSR count). The van der Waals surface area contributed by atoms with Gasteiger partial charge in [-0.1, -0.05) is 22.0 Å². The summed E-state index contributed by atoms with van der Waals surface area (Å²) in [7, 11) is 1.81. The molecular formula is C21H25BrN6. The minimum absolute atomic E-state index is 0.373. The summed E-state index contributed by atoms with van der Waals surface area (Å²) in [6, 6.07) is 15.0. The number of hydrogen-bond donors (Lipinski definition) is 2. The van der Waals surface area contributed by atoms with E-state index in [9.17, 15) is 0 Å². The first kappa shape index (κ1) is 18.8. The predicted octanol–water partition coefficient (Wildman–Crippen LogP) is 3.35. The highest BCUT2D eigenvalue weighted by Crippen LogP contribution is 2.22. The van der Waals surface area contributed by atoms with Crippen molar-refractivity contribution in [2.24, 2.45) is 4.99 Å². The highest BCUT2D eigenvalue weighted by Gasteiger charge is 2.23. The maximum absolute atomic E-state index is 4.68. The Labute approximate surface area is 173 Å². The zero-order valence-corrected chi connectivity index (χ0v) is 17.8. The highest BCUT2D eigenvalue weighted by atomic mass is 79.9. The fourth-order valence-corrected chi connectivity index (χ4v) is 3.88. The van der Waals surface area contributed by atoms with E-state index >= 15 is 0 Å². The second-order valence-corrected chi connectivity index (χ2v) is 8.02. The Morgan fingerprint density at radius 2 is 2.07 bits per heavy atom. The number of anilines is 1.